The van der Waals surface area contributed by atoms with Crippen LogP contribution >= 0.6 is 0 Å². The highest BCUT2D eigenvalue weighted by Gasteiger charge is 2.31. The second kappa shape index (κ2) is 9.44. The second-order valence-corrected chi connectivity index (χ2v) is 8.83. The minimum absolute atomic E-state index is 0.197. The van der Waals surface area contributed by atoms with Gasteiger partial charge in [-0.1, -0.05) is 36.4 Å². The van der Waals surface area contributed by atoms with Gasteiger partial charge < -0.3 is 5.11 Å². The molecule has 2 N–H and O–H groups in total. The van der Waals surface area contributed by atoms with E-state index >= 15 is 0 Å². The lowest BCUT2D eigenvalue weighted by molar-refractivity contribution is -0.137. The van der Waals surface area contributed by atoms with Crippen molar-refractivity contribution < 1.29 is 31.5 Å². The highest BCUT2D eigenvalue weighted by atomic mass is 32.2. The van der Waals surface area contributed by atoms with Crippen LogP contribution in [0.5, 0.6) is 0 Å². The van der Waals surface area contributed by atoms with Crippen LogP contribution < -0.4 is 4.72 Å². The number of halogens is 3. The maximum absolute atomic E-state index is 12.9. The van der Waals surface area contributed by atoms with E-state index in [1.54, 1.807) is 36.4 Å². The number of anilines is 1. The molecule has 0 heterocycles. The predicted molar refractivity (Wildman–Crippen MR) is 114 cm³/mol. The van der Waals surface area contributed by atoms with Gasteiger partial charge in [0.1, 0.15) is 0 Å². The third-order valence-corrected chi connectivity index (χ3v) is 6.21. The van der Waals surface area contributed by atoms with E-state index in [2.05, 4.69) is 4.72 Å². The molecule has 0 fully saturated rings. The summed E-state index contributed by atoms with van der Waals surface area (Å²) < 4.78 is 66.6. The normalized spacial score (nSPS) is 11.8. The summed E-state index contributed by atoms with van der Waals surface area (Å²) in [6.45, 7) is 0. The molecule has 0 radical (unpaired) electrons. The number of carbonyl (C=O) groups is 1. The number of hydrogen-bond donors (Lipinski definition) is 2. The van der Waals surface area contributed by atoms with E-state index in [4.69, 9.17) is 5.11 Å². The van der Waals surface area contributed by atoms with Crippen LogP contribution in [0, 0.1) is 0 Å². The van der Waals surface area contributed by atoms with Crippen LogP contribution in [0.3, 0.4) is 0 Å². The van der Waals surface area contributed by atoms with Gasteiger partial charge in [0.15, 0.2) is 0 Å². The highest BCUT2D eigenvalue weighted by molar-refractivity contribution is 7.92. The number of alkyl halides is 3. The van der Waals surface area contributed by atoms with Crippen molar-refractivity contribution in [2.75, 3.05) is 4.72 Å². The van der Waals surface area contributed by atoms with Gasteiger partial charge in [-0.15, -0.1) is 0 Å². The number of aryl methyl sites for hydroxylation is 2. The van der Waals surface area contributed by atoms with Crippen LogP contribution in [-0.2, 0) is 29.0 Å². The van der Waals surface area contributed by atoms with Gasteiger partial charge in [0, 0.05) is 0 Å². The van der Waals surface area contributed by atoms with Crippen molar-refractivity contribution in [1.82, 2.24) is 0 Å². The quantitative estimate of drug-likeness (QED) is 0.470. The fourth-order valence-electron chi connectivity index (χ4n) is 3.18. The van der Waals surface area contributed by atoms with Crippen molar-refractivity contribution in [2.24, 2.45) is 0 Å². The molecule has 3 aromatic carbocycles. The average molecular weight is 463 g/mol. The average Bonchev–Trinajstić information content (AvgIpc) is 2.74. The summed E-state index contributed by atoms with van der Waals surface area (Å²) in [5.41, 5.74) is 1.10. The summed E-state index contributed by atoms with van der Waals surface area (Å²) in [5.74, 6) is -1.00. The molecule has 0 unspecified atom stereocenters. The number of carboxylic acids is 1. The van der Waals surface area contributed by atoms with Crippen LogP contribution in [-0.4, -0.2) is 19.5 Å². The van der Waals surface area contributed by atoms with Gasteiger partial charge in [-0.2, -0.15) is 13.2 Å². The van der Waals surface area contributed by atoms with Crippen molar-refractivity contribution in [3.8, 4) is 0 Å². The first-order valence-corrected chi connectivity index (χ1v) is 11.1. The van der Waals surface area contributed by atoms with Gasteiger partial charge in [0.05, 0.1) is 21.7 Å². The summed E-state index contributed by atoms with van der Waals surface area (Å²) in [7, 11) is -4.21. The molecule has 3 rings (SSSR count). The number of hydrogen-bond acceptors (Lipinski definition) is 3. The summed E-state index contributed by atoms with van der Waals surface area (Å²) in [4.78, 5) is 10.4. The van der Waals surface area contributed by atoms with E-state index in [9.17, 15) is 26.4 Å². The Bertz CT molecular complexity index is 1210. The molecule has 32 heavy (non-hydrogen) atoms. The van der Waals surface area contributed by atoms with E-state index < -0.39 is 32.6 Å². The topological polar surface area (TPSA) is 83.5 Å². The van der Waals surface area contributed by atoms with Crippen LogP contribution in [0.25, 0.3) is 0 Å². The lowest BCUT2D eigenvalue weighted by Crippen LogP contribution is -2.15. The number of carboxylic acid groups (broad SMARTS) is 1. The molecule has 0 aromatic heterocycles. The van der Waals surface area contributed by atoms with Crippen molar-refractivity contribution >= 4 is 21.7 Å². The van der Waals surface area contributed by atoms with Gasteiger partial charge >= 0.3 is 12.1 Å². The summed E-state index contributed by atoms with van der Waals surface area (Å²) >= 11 is 0. The summed E-state index contributed by atoms with van der Waals surface area (Å²) in [6, 6.07) is 16.8. The highest BCUT2D eigenvalue weighted by Crippen LogP contribution is 2.31. The molecule has 0 aliphatic rings. The molecule has 0 saturated heterocycles. The fraction of sp³-hybridized carbons (Fsp3) is 0.174. The molecule has 0 saturated carbocycles. The van der Waals surface area contributed by atoms with Gasteiger partial charge in [-0.3, -0.25) is 4.72 Å². The fourth-order valence-corrected chi connectivity index (χ4v) is 4.32. The minimum atomic E-state index is -4.65. The summed E-state index contributed by atoms with van der Waals surface area (Å²) in [6.07, 6.45) is -2.82. The van der Waals surface area contributed by atoms with E-state index in [-0.39, 0.29) is 5.56 Å². The molecule has 0 bridgehead atoms. The maximum Gasteiger partial charge on any atom is 0.416 e. The molecular formula is C23H20F3NO4S. The number of sulfonamides is 1. The Labute approximate surface area is 183 Å². The van der Waals surface area contributed by atoms with Gasteiger partial charge in [0.2, 0.25) is 0 Å². The minimum Gasteiger partial charge on any atom is -0.478 e. The first kappa shape index (κ1) is 23.3. The Hall–Kier alpha value is -3.33. The second-order valence-electron chi connectivity index (χ2n) is 7.14. The molecule has 0 aliphatic carbocycles. The molecule has 0 atom stereocenters. The van der Waals surface area contributed by atoms with E-state index in [0.29, 0.717) is 36.6 Å². The molecule has 0 amide bonds. The van der Waals surface area contributed by atoms with Crippen molar-refractivity contribution in [3.05, 3.63) is 95.1 Å². The summed E-state index contributed by atoms with van der Waals surface area (Å²) in [5, 5.41) is 8.95. The van der Waals surface area contributed by atoms with Crippen LogP contribution in [0.15, 0.2) is 77.7 Å². The molecule has 9 heteroatoms. The van der Waals surface area contributed by atoms with E-state index in [1.807, 2.05) is 0 Å². The van der Waals surface area contributed by atoms with Gasteiger partial charge in [0.25, 0.3) is 10.0 Å². The number of para-hydroxylation sites is 1. The number of benzene rings is 3. The standard InChI is InChI=1S/C23H20F3NO4S/c24-23(25,26)19-8-4-9-20(15-19)32(30,31)27-21-10-2-1-6-17(21)7-3-5-16-11-13-18(14-12-16)22(28)29/h1-2,4,6,8-15,27H,3,5,7H2,(H,28,29). The Morgan fingerprint density at radius 1 is 0.906 bits per heavy atom. The lowest BCUT2D eigenvalue weighted by Gasteiger charge is -2.14. The monoisotopic (exact) mass is 463 g/mol. The zero-order valence-corrected chi connectivity index (χ0v) is 17.6. The van der Waals surface area contributed by atoms with Crippen molar-refractivity contribution in [1.29, 1.82) is 0 Å². The lowest BCUT2D eigenvalue weighted by atomic mass is 10.0. The Balaban J connectivity index is 1.71. The Morgan fingerprint density at radius 3 is 2.25 bits per heavy atom. The Kier molecular flexibility index (Phi) is 6.88. The number of nitrogens with one attached hydrogen (secondary N) is 1. The molecule has 168 valence electrons. The smallest absolute Gasteiger partial charge is 0.416 e. The third-order valence-electron chi connectivity index (χ3n) is 4.85. The zero-order valence-electron chi connectivity index (χ0n) is 16.8. The zero-order chi connectivity index (χ0) is 23.4. The molecular weight excluding hydrogens is 443 g/mol. The van der Waals surface area contributed by atoms with Gasteiger partial charge in [-0.25, -0.2) is 13.2 Å². The van der Waals surface area contributed by atoms with Crippen molar-refractivity contribution in [3.63, 3.8) is 0 Å². The van der Waals surface area contributed by atoms with Crippen LogP contribution in [0.4, 0.5) is 18.9 Å². The molecule has 5 nitrogen and oxygen atoms in total. The molecule has 3 aromatic rings. The predicted octanol–water partition coefficient (Wildman–Crippen LogP) is 5.38. The van der Waals surface area contributed by atoms with Crippen LogP contribution in [0.1, 0.15) is 33.5 Å². The first-order chi connectivity index (χ1) is 15.1. The van der Waals surface area contributed by atoms with E-state index in [0.717, 1.165) is 23.8 Å². The largest absolute Gasteiger partial charge is 0.478 e. The molecule has 0 spiro atoms. The number of aromatic carboxylic acids is 1. The first-order valence-electron chi connectivity index (χ1n) is 9.66. The molecule has 0 aliphatic heterocycles. The SMILES string of the molecule is O=C(O)c1ccc(CCCc2ccccc2NS(=O)(=O)c2cccc(C(F)(F)F)c2)cc1. The van der Waals surface area contributed by atoms with E-state index in [1.165, 1.54) is 12.1 Å². The third kappa shape index (κ3) is 5.88. The number of rotatable bonds is 8. The maximum atomic E-state index is 12.9. The van der Waals surface area contributed by atoms with Crippen molar-refractivity contribution in [2.45, 2.75) is 30.3 Å². The van der Waals surface area contributed by atoms with Crippen LogP contribution in [0.2, 0.25) is 0 Å². The van der Waals surface area contributed by atoms with Gasteiger partial charge in [-0.05, 0) is 66.8 Å². The Morgan fingerprint density at radius 2 is 1.59 bits per heavy atom.